The van der Waals surface area contributed by atoms with Crippen molar-refractivity contribution in [3.8, 4) is 0 Å². The van der Waals surface area contributed by atoms with Gasteiger partial charge in [-0.2, -0.15) is 0 Å². The number of benzene rings is 1. The molecule has 0 unspecified atom stereocenters. The minimum absolute atomic E-state index is 0. The summed E-state index contributed by atoms with van der Waals surface area (Å²) in [6.07, 6.45) is 0. The highest BCUT2D eigenvalue weighted by Crippen LogP contribution is 2.18. The Kier molecular flexibility index (Phi) is 5.95. The third kappa shape index (κ3) is 5.06. The van der Waals surface area contributed by atoms with E-state index in [0.29, 0.717) is 11.1 Å². The predicted molar refractivity (Wildman–Crippen MR) is 76.6 cm³/mol. The van der Waals surface area contributed by atoms with Crippen molar-refractivity contribution in [1.82, 2.24) is 4.72 Å². The van der Waals surface area contributed by atoms with Crippen LogP contribution in [-0.2, 0) is 10.0 Å². The standard InChI is InChI=1S/C12H19FN2O2S.ClH/c1-8-5-10(6-9(2)11(8)13)18(16,17)15-7-12(3,4)14;/h5-6,15H,7,14H2,1-4H3;1H. The fourth-order valence-corrected chi connectivity index (χ4v) is 2.82. The molecule has 0 fully saturated rings. The number of hydrogen-bond acceptors (Lipinski definition) is 3. The van der Waals surface area contributed by atoms with E-state index in [9.17, 15) is 12.8 Å². The molecule has 1 aromatic carbocycles. The molecule has 0 aromatic heterocycles. The van der Waals surface area contributed by atoms with Crippen LogP contribution in [-0.4, -0.2) is 20.5 Å². The number of aryl methyl sites for hydroxylation is 2. The van der Waals surface area contributed by atoms with E-state index in [0.717, 1.165) is 0 Å². The summed E-state index contributed by atoms with van der Waals surface area (Å²) in [5.41, 5.74) is 5.69. The van der Waals surface area contributed by atoms with Crippen LogP contribution in [0.3, 0.4) is 0 Å². The third-order valence-corrected chi connectivity index (χ3v) is 3.82. The molecule has 19 heavy (non-hydrogen) atoms. The number of nitrogens with two attached hydrogens (primary N) is 1. The van der Waals surface area contributed by atoms with E-state index >= 15 is 0 Å². The zero-order valence-electron chi connectivity index (χ0n) is 11.5. The summed E-state index contributed by atoms with van der Waals surface area (Å²) in [5.74, 6) is -0.381. The van der Waals surface area contributed by atoms with Crippen LogP contribution in [0.5, 0.6) is 0 Å². The molecule has 0 aliphatic rings. The van der Waals surface area contributed by atoms with E-state index in [1.165, 1.54) is 26.0 Å². The average molecular weight is 311 g/mol. The van der Waals surface area contributed by atoms with Gasteiger partial charge >= 0.3 is 0 Å². The summed E-state index contributed by atoms with van der Waals surface area (Å²) < 4.78 is 39.9. The monoisotopic (exact) mass is 310 g/mol. The van der Waals surface area contributed by atoms with E-state index in [2.05, 4.69) is 4.72 Å². The van der Waals surface area contributed by atoms with Gasteiger partial charge in [0, 0.05) is 12.1 Å². The summed E-state index contributed by atoms with van der Waals surface area (Å²) in [5, 5.41) is 0. The van der Waals surface area contributed by atoms with Gasteiger partial charge in [0.2, 0.25) is 10.0 Å². The highest BCUT2D eigenvalue weighted by atomic mass is 35.5. The van der Waals surface area contributed by atoms with Crippen LogP contribution >= 0.6 is 12.4 Å². The van der Waals surface area contributed by atoms with Gasteiger partial charge in [-0.1, -0.05) is 0 Å². The Morgan fingerprint density at radius 3 is 2.05 bits per heavy atom. The Morgan fingerprint density at radius 1 is 1.26 bits per heavy atom. The second-order valence-corrected chi connectivity index (χ2v) is 6.95. The Hall–Kier alpha value is -0.690. The minimum atomic E-state index is -3.65. The highest BCUT2D eigenvalue weighted by Gasteiger charge is 2.20. The molecule has 0 amide bonds. The molecule has 0 saturated heterocycles. The Balaban J connectivity index is 0.00000324. The summed E-state index contributed by atoms with van der Waals surface area (Å²) >= 11 is 0. The lowest BCUT2D eigenvalue weighted by molar-refractivity contribution is 0.497. The molecule has 0 saturated carbocycles. The van der Waals surface area contributed by atoms with Crippen molar-refractivity contribution in [1.29, 1.82) is 0 Å². The Morgan fingerprint density at radius 2 is 1.68 bits per heavy atom. The molecule has 0 radical (unpaired) electrons. The Bertz CT molecular complexity index is 530. The second-order valence-electron chi connectivity index (χ2n) is 5.18. The molecule has 3 N–H and O–H groups in total. The third-order valence-electron chi connectivity index (χ3n) is 2.44. The molecule has 1 aromatic rings. The van der Waals surface area contributed by atoms with Gasteiger partial charge in [0.1, 0.15) is 5.82 Å². The number of rotatable bonds is 4. The molecule has 0 aliphatic heterocycles. The zero-order chi connectivity index (χ0) is 14.1. The molecule has 0 bridgehead atoms. The van der Waals surface area contributed by atoms with E-state index in [-0.39, 0.29) is 29.7 Å². The summed E-state index contributed by atoms with van der Waals surface area (Å²) in [6.45, 7) is 6.63. The van der Waals surface area contributed by atoms with Crippen molar-refractivity contribution in [3.63, 3.8) is 0 Å². The van der Waals surface area contributed by atoms with Crippen LogP contribution in [0.4, 0.5) is 4.39 Å². The lowest BCUT2D eigenvalue weighted by atomic mass is 10.1. The van der Waals surface area contributed by atoms with Gasteiger partial charge < -0.3 is 5.73 Å². The summed E-state index contributed by atoms with van der Waals surface area (Å²) in [7, 11) is -3.65. The van der Waals surface area contributed by atoms with Gasteiger partial charge in [0.15, 0.2) is 0 Å². The molecule has 7 heteroatoms. The quantitative estimate of drug-likeness (QED) is 0.892. The van der Waals surface area contributed by atoms with Crippen molar-refractivity contribution >= 4 is 22.4 Å². The first kappa shape index (κ1) is 18.3. The first-order valence-corrected chi connectivity index (χ1v) is 7.06. The maximum Gasteiger partial charge on any atom is 0.240 e. The molecule has 0 atom stereocenters. The van der Waals surface area contributed by atoms with Crippen LogP contribution in [0, 0.1) is 19.7 Å². The van der Waals surface area contributed by atoms with Crippen LogP contribution < -0.4 is 10.5 Å². The average Bonchev–Trinajstić information content (AvgIpc) is 2.21. The SMILES string of the molecule is Cc1cc(S(=O)(=O)NCC(C)(C)N)cc(C)c1F.Cl. The van der Waals surface area contributed by atoms with Crippen LogP contribution in [0.2, 0.25) is 0 Å². The van der Waals surface area contributed by atoms with Crippen molar-refractivity contribution in [3.05, 3.63) is 29.1 Å². The van der Waals surface area contributed by atoms with E-state index in [1.807, 2.05) is 0 Å². The lowest BCUT2D eigenvalue weighted by Crippen LogP contribution is -2.45. The van der Waals surface area contributed by atoms with Crippen molar-refractivity contribution < 1.29 is 12.8 Å². The molecule has 0 heterocycles. The topological polar surface area (TPSA) is 72.2 Å². The largest absolute Gasteiger partial charge is 0.324 e. The van der Waals surface area contributed by atoms with Gasteiger partial charge in [-0.25, -0.2) is 17.5 Å². The number of nitrogens with one attached hydrogen (secondary N) is 1. The molecule has 0 aliphatic carbocycles. The van der Waals surface area contributed by atoms with Gasteiger partial charge in [-0.15, -0.1) is 12.4 Å². The smallest absolute Gasteiger partial charge is 0.240 e. The molecule has 1 rings (SSSR count). The van der Waals surface area contributed by atoms with Crippen molar-refractivity contribution in [2.75, 3.05) is 6.54 Å². The van der Waals surface area contributed by atoms with Gasteiger partial charge in [0.05, 0.1) is 4.90 Å². The zero-order valence-corrected chi connectivity index (χ0v) is 13.1. The lowest BCUT2D eigenvalue weighted by Gasteiger charge is -2.19. The van der Waals surface area contributed by atoms with Crippen molar-refractivity contribution in [2.24, 2.45) is 5.73 Å². The fourth-order valence-electron chi connectivity index (χ4n) is 1.43. The highest BCUT2D eigenvalue weighted by molar-refractivity contribution is 7.89. The minimum Gasteiger partial charge on any atom is -0.324 e. The van der Waals surface area contributed by atoms with Crippen molar-refractivity contribution in [2.45, 2.75) is 38.1 Å². The number of sulfonamides is 1. The molecular weight excluding hydrogens is 291 g/mol. The normalized spacial score (nSPS) is 12.1. The number of halogens is 2. The second kappa shape index (κ2) is 6.17. The molecule has 4 nitrogen and oxygen atoms in total. The van der Waals surface area contributed by atoms with Gasteiger partial charge in [0.25, 0.3) is 0 Å². The summed E-state index contributed by atoms with van der Waals surface area (Å²) in [4.78, 5) is 0.0585. The Labute approximate surface area is 120 Å². The van der Waals surface area contributed by atoms with Crippen LogP contribution in [0.1, 0.15) is 25.0 Å². The molecule has 0 spiro atoms. The first-order valence-electron chi connectivity index (χ1n) is 5.58. The maximum absolute atomic E-state index is 13.4. The van der Waals surface area contributed by atoms with E-state index < -0.39 is 15.6 Å². The van der Waals surface area contributed by atoms with E-state index in [1.54, 1.807) is 13.8 Å². The molecular formula is C12H20ClFN2O2S. The van der Waals surface area contributed by atoms with Crippen LogP contribution in [0.25, 0.3) is 0 Å². The molecule has 110 valence electrons. The van der Waals surface area contributed by atoms with Gasteiger partial charge in [-0.3, -0.25) is 0 Å². The van der Waals surface area contributed by atoms with E-state index in [4.69, 9.17) is 5.73 Å². The first-order chi connectivity index (χ1) is 8.03. The van der Waals surface area contributed by atoms with Crippen LogP contribution in [0.15, 0.2) is 17.0 Å². The maximum atomic E-state index is 13.4. The fraction of sp³-hybridized carbons (Fsp3) is 0.500. The summed E-state index contributed by atoms with van der Waals surface area (Å²) in [6, 6.07) is 2.63. The number of hydrogen-bond donors (Lipinski definition) is 2. The predicted octanol–water partition coefficient (Wildman–Crippen LogP) is 1.88. The van der Waals surface area contributed by atoms with Gasteiger partial charge in [-0.05, 0) is 51.0 Å².